The van der Waals surface area contributed by atoms with Crippen LogP contribution in [-0.2, 0) is 0 Å². The smallest absolute Gasteiger partial charge is 0.260 e. The van der Waals surface area contributed by atoms with Crippen molar-refractivity contribution in [1.82, 2.24) is 0 Å². The normalized spacial score (nSPS) is 13.2. The van der Waals surface area contributed by atoms with Crippen LogP contribution in [-0.4, -0.2) is 6.71 Å². The highest BCUT2D eigenvalue weighted by molar-refractivity contribution is 6.98. The summed E-state index contributed by atoms with van der Waals surface area (Å²) in [4.78, 5) is 0. The zero-order chi connectivity index (χ0) is 27.1. The minimum Gasteiger partial charge on any atom is -0.458 e. The summed E-state index contributed by atoms with van der Waals surface area (Å²) in [6, 6.07) is 38.4. The number of hydrogen-bond donors (Lipinski definition) is 0. The van der Waals surface area contributed by atoms with Crippen molar-refractivity contribution in [3.8, 4) is 45.3 Å². The standard InChI is InChI=1S/C37H29BO2/c1-3-5-13-25(4-2)29-18-12-19-31-36(29)40-37-30(27-16-10-7-11-17-27)21-23-34-35(37)38(31)32-24-28(20-22-33(32)39-34)26-14-8-6-9-15-26/h4-24H,3H2,1-2H3/b13-5-,25-4+. The molecule has 192 valence electrons. The number of para-hydroxylation sites is 1. The van der Waals surface area contributed by atoms with E-state index in [2.05, 4.69) is 135 Å². The molecule has 0 aliphatic carbocycles. The van der Waals surface area contributed by atoms with Crippen molar-refractivity contribution < 1.29 is 9.47 Å². The molecule has 2 nitrogen and oxygen atoms in total. The van der Waals surface area contributed by atoms with Gasteiger partial charge in [-0.05, 0) is 64.7 Å². The van der Waals surface area contributed by atoms with Crippen molar-refractivity contribution in [2.45, 2.75) is 20.3 Å². The lowest BCUT2D eigenvalue weighted by Gasteiger charge is -2.35. The van der Waals surface area contributed by atoms with E-state index in [0.29, 0.717) is 0 Å². The van der Waals surface area contributed by atoms with E-state index in [4.69, 9.17) is 9.47 Å². The molecule has 2 heterocycles. The molecule has 0 amide bonds. The van der Waals surface area contributed by atoms with Crippen molar-refractivity contribution in [2.24, 2.45) is 0 Å². The summed E-state index contributed by atoms with van der Waals surface area (Å²) < 4.78 is 13.5. The van der Waals surface area contributed by atoms with Gasteiger partial charge < -0.3 is 9.47 Å². The summed E-state index contributed by atoms with van der Waals surface area (Å²) in [7, 11) is 0. The van der Waals surface area contributed by atoms with Gasteiger partial charge in [-0.25, -0.2) is 0 Å². The zero-order valence-corrected chi connectivity index (χ0v) is 22.7. The first-order chi connectivity index (χ1) is 19.8. The third kappa shape index (κ3) is 3.98. The van der Waals surface area contributed by atoms with Crippen molar-refractivity contribution >= 4 is 28.7 Å². The Morgan fingerprint density at radius 3 is 2.17 bits per heavy atom. The van der Waals surface area contributed by atoms with Crippen LogP contribution in [0.3, 0.4) is 0 Å². The number of ether oxygens (including phenoxy) is 2. The van der Waals surface area contributed by atoms with Crippen LogP contribution in [0.1, 0.15) is 25.8 Å². The van der Waals surface area contributed by atoms with Crippen LogP contribution in [0.4, 0.5) is 0 Å². The second-order valence-electron chi connectivity index (χ2n) is 10.3. The van der Waals surface area contributed by atoms with Gasteiger partial charge in [0.25, 0.3) is 6.71 Å². The predicted molar refractivity (Wildman–Crippen MR) is 168 cm³/mol. The Balaban J connectivity index is 1.50. The van der Waals surface area contributed by atoms with E-state index < -0.39 is 0 Å². The minimum absolute atomic E-state index is 0.0157. The quantitative estimate of drug-likeness (QED) is 0.170. The van der Waals surface area contributed by atoms with Gasteiger partial charge in [-0.2, -0.15) is 0 Å². The molecule has 0 radical (unpaired) electrons. The average Bonchev–Trinajstić information content (AvgIpc) is 3.02. The summed E-state index contributed by atoms with van der Waals surface area (Å²) in [5, 5.41) is 0. The molecule has 0 unspecified atom stereocenters. The lowest BCUT2D eigenvalue weighted by Crippen LogP contribution is -2.57. The van der Waals surface area contributed by atoms with E-state index >= 15 is 0 Å². The Hall–Kier alpha value is -4.76. The molecule has 2 aliphatic heterocycles. The van der Waals surface area contributed by atoms with Crippen molar-refractivity contribution in [1.29, 1.82) is 0 Å². The fraction of sp³-hybridized carbons (Fsp3) is 0.0811. The van der Waals surface area contributed by atoms with Gasteiger partial charge >= 0.3 is 0 Å². The molecule has 0 fully saturated rings. The molecule has 0 saturated heterocycles. The van der Waals surface area contributed by atoms with Gasteiger partial charge in [0.1, 0.15) is 23.0 Å². The van der Waals surface area contributed by atoms with Gasteiger partial charge in [-0.15, -0.1) is 0 Å². The first-order valence-corrected chi connectivity index (χ1v) is 14.0. The first-order valence-electron chi connectivity index (χ1n) is 14.0. The van der Waals surface area contributed by atoms with Crippen LogP contribution in [0, 0.1) is 0 Å². The van der Waals surface area contributed by atoms with E-state index in [1.165, 1.54) is 11.1 Å². The van der Waals surface area contributed by atoms with Crippen LogP contribution in [0.2, 0.25) is 0 Å². The number of hydrogen-bond acceptors (Lipinski definition) is 2. The SMILES string of the molecule is C/C=C(\C=C/CC)c1cccc2c1Oc1c(-c3ccccc3)ccc3c1B2c1cc(-c2ccccc2)ccc1O3. The maximum atomic E-state index is 6.98. The number of fused-ring (bicyclic) bond motifs is 4. The number of allylic oxidation sites excluding steroid dienone is 4. The topological polar surface area (TPSA) is 18.5 Å². The molecule has 3 heteroatoms. The molecule has 0 spiro atoms. The molecular weight excluding hydrogens is 487 g/mol. The predicted octanol–water partition coefficient (Wildman–Crippen LogP) is 8.12. The maximum Gasteiger partial charge on any atom is 0.260 e. The van der Waals surface area contributed by atoms with Gasteiger partial charge in [0.05, 0.1) is 0 Å². The van der Waals surface area contributed by atoms with Crippen LogP contribution in [0.25, 0.3) is 27.8 Å². The van der Waals surface area contributed by atoms with Gasteiger partial charge in [-0.1, -0.05) is 116 Å². The van der Waals surface area contributed by atoms with Crippen molar-refractivity contribution in [2.75, 3.05) is 0 Å². The third-order valence-electron chi connectivity index (χ3n) is 7.89. The molecule has 7 rings (SSSR count). The first kappa shape index (κ1) is 24.3. The van der Waals surface area contributed by atoms with E-state index in [1.807, 2.05) is 6.07 Å². The highest BCUT2D eigenvalue weighted by Crippen LogP contribution is 2.43. The van der Waals surface area contributed by atoms with Gasteiger partial charge in [0, 0.05) is 16.6 Å². The largest absolute Gasteiger partial charge is 0.458 e. The van der Waals surface area contributed by atoms with Crippen LogP contribution < -0.4 is 25.9 Å². The summed E-state index contributed by atoms with van der Waals surface area (Å²) in [5.41, 5.74) is 10.2. The molecule has 5 aromatic rings. The Morgan fingerprint density at radius 2 is 1.43 bits per heavy atom. The maximum absolute atomic E-state index is 6.98. The zero-order valence-electron chi connectivity index (χ0n) is 22.7. The highest BCUT2D eigenvalue weighted by Gasteiger charge is 2.42. The number of benzene rings is 5. The fourth-order valence-electron chi connectivity index (χ4n) is 5.98. The summed E-state index contributed by atoms with van der Waals surface area (Å²) in [5.74, 6) is 3.54. The monoisotopic (exact) mass is 516 g/mol. The lowest BCUT2D eigenvalue weighted by molar-refractivity contribution is 0.465. The van der Waals surface area contributed by atoms with Crippen LogP contribution >= 0.6 is 0 Å². The Bertz CT molecular complexity index is 1780. The Morgan fingerprint density at radius 1 is 0.675 bits per heavy atom. The minimum atomic E-state index is -0.0157. The van der Waals surface area contributed by atoms with Crippen LogP contribution in [0.5, 0.6) is 23.0 Å². The molecule has 40 heavy (non-hydrogen) atoms. The average molecular weight is 516 g/mol. The third-order valence-corrected chi connectivity index (χ3v) is 7.89. The molecule has 0 N–H and O–H groups in total. The molecular formula is C37H29BO2. The van der Waals surface area contributed by atoms with E-state index in [-0.39, 0.29) is 6.71 Å². The number of rotatable bonds is 5. The fourth-order valence-corrected chi connectivity index (χ4v) is 5.98. The van der Waals surface area contributed by atoms with E-state index in [9.17, 15) is 0 Å². The Kier molecular flexibility index (Phi) is 6.13. The second-order valence-corrected chi connectivity index (χ2v) is 10.3. The molecule has 2 aliphatic rings. The van der Waals surface area contributed by atoms with Gasteiger partial charge in [-0.3, -0.25) is 0 Å². The summed E-state index contributed by atoms with van der Waals surface area (Å²) in [6.45, 7) is 4.24. The van der Waals surface area contributed by atoms with Gasteiger partial charge in [0.15, 0.2) is 0 Å². The molecule has 0 bridgehead atoms. The summed E-state index contributed by atoms with van der Waals surface area (Å²) in [6.07, 6.45) is 7.55. The molecule has 0 atom stereocenters. The van der Waals surface area contributed by atoms with Crippen molar-refractivity contribution in [3.63, 3.8) is 0 Å². The van der Waals surface area contributed by atoms with Crippen molar-refractivity contribution in [3.05, 3.63) is 133 Å². The lowest BCUT2D eigenvalue weighted by atomic mass is 9.34. The van der Waals surface area contributed by atoms with E-state index in [1.54, 1.807) is 0 Å². The second kappa shape index (κ2) is 10.1. The molecule has 5 aromatic carbocycles. The summed E-state index contributed by atoms with van der Waals surface area (Å²) >= 11 is 0. The molecule has 0 aromatic heterocycles. The van der Waals surface area contributed by atoms with Gasteiger partial charge in [0.2, 0.25) is 0 Å². The highest BCUT2D eigenvalue weighted by atomic mass is 16.5. The van der Waals surface area contributed by atoms with Crippen LogP contribution in [0.15, 0.2) is 127 Å². The molecule has 0 saturated carbocycles. The Labute approximate surface area is 236 Å². The van der Waals surface area contributed by atoms with E-state index in [0.717, 1.165) is 68.1 Å².